The SMILES string of the molecule is Cc1cc(C(=O)NCc2ccsc2)cc(C)c1OCC(=O)O. The van der Waals surface area contributed by atoms with Gasteiger partial charge in [-0.05, 0) is 59.5 Å². The Morgan fingerprint density at radius 3 is 2.50 bits per heavy atom. The lowest BCUT2D eigenvalue weighted by molar-refractivity contribution is -0.139. The highest BCUT2D eigenvalue weighted by Crippen LogP contribution is 2.25. The van der Waals surface area contributed by atoms with Crippen LogP contribution in [0.15, 0.2) is 29.0 Å². The Kier molecular flexibility index (Phi) is 5.16. The molecule has 2 aromatic rings. The van der Waals surface area contributed by atoms with E-state index in [1.165, 1.54) is 0 Å². The van der Waals surface area contributed by atoms with Gasteiger partial charge in [0.25, 0.3) is 5.91 Å². The van der Waals surface area contributed by atoms with Gasteiger partial charge in [-0.1, -0.05) is 0 Å². The quantitative estimate of drug-likeness (QED) is 0.858. The molecular formula is C16H17NO4S. The summed E-state index contributed by atoms with van der Waals surface area (Å²) in [6, 6.07) is 5.37. The van der Waals surface area contributed by atoms with Crippen LogP contribution in [-0.2, 0) is 11.3 Å². The van der Waals surface area contributed by atoms with Crippen molar-refractivity contribution in [3.05, 3.63) is 51.2 Å². The third-order valence-corrected chi connectivity index (χ3v) is 3.83. The van der Waals surface area contributed by atoms with Crippen LogP contribution in [0.5, 0.6) is 5.75 Å². The van der Waals surface area contributed by atoms with Crippen LogP contribution in [0.4, 0.5) is 0 Å². The fraction of sp³-hybridized carbons (Fsp3) is 0.250. The second-order valence-corrected chi connectivity index (χ2v) is 5.72. The minimum absolute atomic E-state index is 0.165. The van der Waals surface area contributed by atoms with E-state index in [9.17, 15) is 9.59 Å². The van der Waals surface area contributed by atoms with Crippen molar-refractivity contribution in [2.75, 3.05) is 6.61 Å². The molecule has 0 unspecified atom stereocenters. The number of amides is 1. The first-order valence-electron chi connectivity index (χ1n) is 6.72. The predicted octanol–water partition coefficient (Wildman–Crippen LogP) is 2.76. The molecule has 0 radical (unpaired) electrons. The first-order valence-corrected chi connectivity index (χ1v) is 7.66. The van der Waals surface area contributed by atoms with Crippen LogP contribution >= 0.6 is 11.3 Å². The first kappa shape index (κ1) is 16.0. The fourth-order valence-corrected chi connectivity index (χ4v) is 2.79. The molecule has 2 N–H and O–H groups in total. The highest BCUT2D eigenvalue weighted by atomic mass is 32.1. The molecule has 5 nitrogen and oxygen atoms in total. The van der Waals surface area contributed by atoms with Crippen LogP contribution in [-0.4, -0.2) is 23.6 Å². The van der Waals surface area contributed by atoms with Gasteiger partial charge in [0.15, 0.2) is 6.61 Å². The Morgan fingerprint density at radius 2 is 1.95 bits per heavy atom. The number of aliphatic carboxylic acids is 1. The van der Waals surface area contributed by atoms with E-state index in [0.29, 0.717) is 17.9 Å². The number of carboxylic acids is 1. The third kappa shape index (κ3) is 4.08. The number of hydrogen-bond acceptors (Lipinski definition) is 4. The molecule has 1 amide bonds. The zero-order chi connectivity index (χ0) is 16.1. The Balaban J connectivity index is 2.08. The molecule has 0 saturated carbocycles. The van der Waals surface area contributed by atoms with Gasteiger partial charge in [-0.2, -0.15) is 11.3 Å². The molecule has 0 atom stereocenters. The number of aryl methyl sites for hydroxylation is 2. The number of rotatable bonds is 6. The molecule has 0 aliphatic heterocycles. The van der Waals surface area contributed by atoms with Crippen molar-refractivity contribution in [1.82, 2.24) is 5.32 Å². The molecule has 0 fully saturated rings. The molecule has 1 aromatic heterocycles. The van der Waals surface area contributed by atoms with Crippen LogP contribution in [0.2, 0.25) is 0 Å². The lowest BCUT2D eigenvalue weighted by atomic mass is 10.0. The van der Waals surface area contributed by atoms with Crippen molar-refractivity contribution >= 4 is 23.2 Å². The van der Waals surface area contributed by atoms with Crippen molar-refractivity contribution < 1.29 is 19.4 Å². The number of carbonyl (C=O) groups is 2. The van der Waals surface area contributed by atoms with Gasteiger partial charge in [-0.3, -0.25) is 4.79 Å². The summed E-state index contributed by atoms with van der Waals surface area (Å²) in [7, 11) is 0. The normalized spacial score (nSPS) is 10.3. The summed E-state index contributed by atoms with van der Waals surface area (Å²) in [6.07, 6.45) is 0. The van der Waals surface area contributed by atoms with E-state index in [1.54, 1.807) is 37.3 Å². The van der Waals surface area contributed by atoms with E-state index < -0.39 is 12.6 Å². The number of carboxylic acid groups (broad SMARTS) is 1. The van der Waals surface area contributed by atoms with Crippen LogP contribution in [0.1, 0.15) is 27.0 Å². The predicted molar refractivity (Wildman–Crippen MR) is 84.5 cm³/mol. The lowest BCUT2D eigenvalue weighted by Crippen LogP contribution is -2.23. The van der Waals surface area contributed by atoms with E-state index in [0.717, 1.165) is 16.7 Å². The van der Waals surface area contributed by atoms with Crippen molar-refractivity contribution in [1.29, 1.82) is 0 Å². The molecule has 0 spiro atoms. The highest BCUT2D eigenvalue weighted by molar-refractivity contribution is 7.07. The average molecular weight is 319 g/mol. The summed E-state index contributed by atoms with van der Waals surface area (Å²) in [4.78, 5) is 22.8. The standard InChI is InChI=1S/C16H17NO4S/c1-10-5-13(6-11(2)15(10)21-8-14(18)19)16(20)17-7-12-3-4-22-9-12/h3-6,9H,7-8H2,1-2H3,(H,17,20)(H,18,19). The number of carbonyl (C=O) groups excluding carboxylic acids is 1. The summed E-state index contributed by atoms with van der Waals surface area (Å²) in [6.45, 7) is 3.67. The van der Waals surface area contributed by atoms with E-state index in [-0.39, 0.29) is 5.91 Å². The third-order valence-electron chi connectivity index (χ3n) is 3.10. The van der Waals surface area contributed by atoms with Crippen LogP contribution in [0, 0.1) is 13.8 Å². The maximum absolute atomic E-state index is 12.2. The number of thiophene rings is 1. The number of nitrogens with one attached hydrogen (secondary N) is 1. The number of benzene rings is 1. The van der Waals surface area contributed by atoms with Gasteiger partial charge in [0.2, 0.25) is 0 Å². The van der Waals surface area contributed by atoms with Crippen LogP contribution in [0.25, 0.3) is 0 Å². The summed E-state index contributed by atoms with van der Waals surface area (Å²) in [5.74, 6) is -0.685. The lowest BCUT2D eigenvalue weighted by Gasteiger charge is -2.13. The molecule has 1 heterocycles. The molecule has 0 bridgehead atoms. The number of hydrogen-bond donors (Lipinski definition) is 2. The van der Waals surface area contributed by atoms with E-state index in [2.05, 4.69) is 5.32 Å². The van der Waals surface area contributed by atoms with Gasteiger partial charge in [0.05, 0.1) is 0 Å². The van der Waals surface area contributed by atoms with Crippen LogP contribution < -0.4 is 10.1 Å². The van der Waals surface area contributed by atoms with Gasteiger partial charge in [0, 0.05) is 12.1 Å². The van der Waals surface area contributed by atoms with Gasteiger partial charge in [-0.15, -0.1) is 0 Å². The molecule has 0 aliphatic carbocycles. The van der Waals surface area contributed by atoms with Crippen molar-refractivity contribution in [3.63, 3.8) is 0 Å². The Morgan fingerprint density at radius 1 is 1.27 bits per heavy atom. The zero-order valence-corrected chi connectivity index (χ0v) is 13.2. The number of ether oxygens (including phenoxy) is 1. The Bertz CT molecular complexity index is 656. The van der Waals surface area contributed by atoms with Gasteiger partial charge >= 0.3 is 5.97 Å². The molecule has 6 heteroatoms. The van der Waals surface area contributed by atoms with Gasteiger partial charge in [0.1, 0.15) is 5.75 Å². The Hall–Kier alpha value is -2.34. The van der Waals surface area contributed by atoms with Crippen molar-refractivity contribution in [2.45, 2.75) is 20.4 Å². The minimum Gasteiger partial charge on any atom is -0.481 e. The second-order valence-electron chi connectivity index (χ2n) is 4.94. The molecular weight excluding hydrogens is 302 g/mol. The molecule has 1 aromatic carbocycles. The topological polar surface area (TPSA) is 75.6 Å². The maximum Gasteiger partial charge on any atom is 0.341 e. The smallest absolute Gasteiger partial charge is 0.341 e. The van der Waals surface area contributed by atoms with Crippen LogP contribution in [0.3, 0.4) is 0 Å². The van der Waals surface area contributed by atoms with E-state index in [4.69, 9.17) is 9.84 Å². The zero-order valence-electron chi connectivity index (χ0n) is 12.4. The average Bonchev–Trinajstić information content (AvgIpc) is 2.96. The second kappa shape index (κ2) is 7.09. The summed E-state index contributed by atoms with van der Waals surface area (Å²) >= 11 is 1.59. The van der Waals surface area contributed by atoms with E-state index >= 15 is 0 Å². The summed E-state index contributed by atoms with van der Waals surface area (Å²) in [5.41, 5.74) is 3.07. The van der Waals surface area contributed by atoms with Crippen molar-refractivity contribution in [2.24, 2.45) is 0 Å². The highest BCUT2D eigenvalue weighted by Gasteiger charge is 2.12. The molecule has 116 valence electrons. The van der Waals surface area contributed by atoms with Gasteiger partial charge in [-0.25, -0.2) is 4.79 Å². The fourth-order valence-electron chi connectivity index (χ4n) is 2.12. The maximum atomic E-state index is 12.2. The van der Waals surface area contributed by atoms with Crippen molar-refractivity contribution in [3.8, 4) is 5.75 Å². The monoisotopic (exact) mass is 319 g/mol. The molecule has 22 heavy (non-hydrogen) atoms. The minimum atomic E-state index is -1.03. The Labute approximate surface area is 132 Å². The first-order chi connectivity index (χ1) is 10.5. The molecule has 0 aliphatic rings. The van der Waals surface area contributed by atoms with E-state index in [1.807, 2.05) is 16.8 Å². The molecule has 0 saturated heterocycles. The molecule has 2 rings (SSSR count). The largest absolute Gasteiger partial charge is 0.481 e. The summed E-state index contributed by atoms with van der Waals surface area (Å²) in [5, 5.41) is 15.5. The summed E-state index contributed by atoms with van der Waals surface area (Å²) < 4.78 is 5.25. The van der Waals surface area contributed by atoms with Gasteiger partial charge < -0.3 is 15.2 Å².